The van der Waals surface area contributed by atoms with Gasteiger partial charge in [0.15, 0.2) is 0 Å². The van der Waals surface area contributed by atoms with Crippen molar-refractivity contribution in [2.75, 3.05) is 11.9 Å². The van der Waals surface area contributed by atoms with Crippen molar-refractivity contribution in [1.29, 1.82) is 0 Å². The molecule has 7 heteroatoms. The zero-order valence-corrected chi connectivity index (χ0v) is 14.2. The summed E-state index contributed by atoms with van der Waals surface area (Å²) in [6.07, 6.45) is 2.06. The molecule has 2 amide bonds. The number of nitrogens with zero attached hydrogens (tertiary/aromatic N) is 2. The minimum atomic E-state index is -0.332. The molecule has 26 heavy (non-hydrogen) atoms. The Kier molecular flexibility index (Phi) is 5.38. The summed E-state index contributed by atoms with van der Waals surface area (Å²) in [4.78, 5) is 24.3. The fraction of sp³-hybridized carbons (Fsp3) is 0.158. The van der Waals surface area contributed by atoms with Crippen LogP contribution in [0.1, 0.15) is 22.8 Å². The molecule has 0 saturated heterocycles. The highest BCUT2D eigenvalue weighted by molar-refractivity contribution is 5.99. The van der Waals surface area contributed by atoms with Gasteiger partial charge in [-0.3, -0.25) is 9.59 Å². The van der Waals surface area contributed by atoms with Gasteiger partial charge in [0.25, 0.3) is 5.91 Å². The Morgan fingerprint density at radius 1 is 1.08 bits per heavy atom. The van der Waals surface area contributed by atoms with Gasteiger partial charge in [-0.15, -0.1) is 10.2 Å². The molecule has 2 N–H and O–H groups in total. The Hall–Kier alpha value is -3.48. The summed E-state index contributed by atoms with van der Waals surface area (Å²) in [6, 6.07) is 14.3. The fourth-order valence-corrected chi connectivity index (χ4v) is 2.47. The van der Waals surface area contributed by atoms with Crippen LogP contribution in [0, 0.1) is 0 Å². The molecule has 0 spiro atoms. The highest BCUT2D eigenvalue weighted by Gasteiger charge is 2.10. The van der Waals surface area contributed by atoms with E-state index in [1.807, 2.05) is 31.2 Å². The van der Waals surface area contributed by atoms with Gasteiger partial charge in [0.2, 0.25) is 18.2 Å². The summed E-state index contributed by atoms with van der Waals surface area (Å²) in [5.74, 6) is -0.228. The molecule has 0 aliphatic carbocycles. The molecule has 0 fully saturated rings. The molecule has 0 aliphatic heterocycles. The Labute approximate surface area is 150 Å². The van der Waals surface area contributed by atoms with Gasteiger partial charge in [-0.25, -0.2) is 0 Å². The van der Waals surface area contributed by atoms with E-state index in [-0.39, 0.29) is 18.4 Å². The average molecular weight is 350 g/mol. The van der Waals surface area contributed by atoms with Gasteiger partial charge in [-0.05, 0) is 42.3 Å². The molecule has 0 aliphatic rings. The van der Waals surface area contributed by atoms with Crippen molar-refractivity contribution < 1.29 is 14.0 Å². The normalized spacial score (nSPS) is 10.3. The smallest absolute Gasteiger partial charge is 0.251 e. The van der Waals surface area contributed by atoms with Crippen LogP contribution in [-0.2, 0) is 11.2 Å². The number of hydrogen-bond acceptors (Lipinski definition) is 5. The first-order chi connectivity index (χ1) is 12.7. The zero-order chi connectivity index (χ0) is 18.4. The maximum absolute atomic E-state index is 12.2. The van der Waals surface area contributed by atoms with E-state index in [1.54, 1.807) is 24.3 Å². The Morgan fingerprint density at radius 3 is 2.54 bits per heavy atom. The summed E-state index contributed by atoms with van der Waals surface area (Å²) in [6.45, 7) is 1.91. The topological polar surface area (TPSA) is 97.1 Å². The first-order valence-electron chi connectivity index (χ1n) is 8.20. The van der Waals surface area contributed by atoms with Crippen molar-refractivity contribution in [1.82, 2.24) is 15.5 Å². The largest absolute Gasteiger partial charge is 0.423 e. The Morgan fingerprint density at radius 2 is 1.85 bits per heavy atom. The zero-order valence-electron chi connectivity index (χ0n) is 14.2. The molecule has 3 aromatic rings. The monoisotopic (exact) mass is 350 g/mol. The quantitative estimate of drug-likeness (QED) is 0.712. The maximum atomic E-state index is 12.2. The maximum Gasteiger partial charge on any atom is 0.251 e. The molecule has 0 unspecified atom stereocenters. The van der Waals surface area contributed by atoms with Crippen LogP contribution in [0.15, 0.2) is 59.3 Å². The van der Waals surface area contributed by atoms with Gasteiger partial charge >= 0.3 is 0 Å². The molecule has 0 saturated carbocycles. The molecule has 7 nitrogen and oxygen atoms in total. The van der Waals surface area contributed by atoms with Crippen molar-refractivity contribution >= 4 is 17.5 Å². The lowest BCUT2D eigenvalue weighted by atomic mass is 10.1. The molecular formula is C19H18N4O3. The number of benzene rings is 2. The van der Waals surface area contributed by atoms with Crippen LogP contribution in [0.4, 0.5) is 5.69 Å². The summed E-state index contributed by atoms with van der Waals surface area (Å²) in [7, 11) is 0. The molecular weight excluding hydrogens is 332 g/mol. The minimum absolute atomic E-state index is 0.109. The predicted molar refractivity (Wildman–Crippen MR) is 96.5 cm³/mol. The van der Waals surface area contributed by atoms with Crippen molar-refractivity contribution in [2.24, 2.45) is 0 Å². The number of amides is 2. The van der Waals surface area contributed by atoms with E-state index in [1.165, 1.54) is 6.39 Å². The number of aromatic nitrogens is 2. The van der Waals surface area contributed by atoms with Crippen LogP contribution >= 0.6 is 0 Å². The molecule has 0 bridgehead atoms. The standard InChI is InChI=1S/C19H18N4O3/c1-2-13-5-3-4-6-16(13)22-17(24)11-20-18(25)14-7-9-15(10-8-14)19-23-21-12-26-19/h3-10,12H,2,11H2,1H3,(H,20,25)(H,22,24). The van der Waals surface area contributed by atoms with E-state index in [4.69, 9.17) is 4.42 Å². The number of carbonyl (C=O) groups is 2. The summed E-state index contributed by atoms with van der Waals surface area (Å²) in [5.41, 5.74) is 2.96. The lowest BCUT2D eigenvalue weighted by Gasteiger charge is -2.10. The second kappa shape index (κ2) is 8.06. The molecule has 0 radical (unpaired) electrons. The molecule has 3 rings (SSSR count). The predicted octanol–water partition coefficient (Wildman–Crippen LogP) is 2.67. The van der Waals surface area contributed by atoms with Crippen LogP contribution in [0.5, 0.6) is 0 Å². The number of anilines is 1. The second-order valence-corrected chi connectivity index (χ2v) is 5.56. The van der Waals surface area contributed by atoms with Crippen LogP contribution in [-0.4, -0.2) is 28.6 Å². The average Bonchev–Trinajstić information content (AvgIpc) is 3.21. The highest BCUT2D eigenvalue weighted by atomic mass is 16.4. The first kappa shape index (κ1) is 17.3. The SMILES string of the molecule is CCc1ccccc1NC(=O)CNC(=O)c1ccc(-c2nnco2)cc1. The molecule has 132 valence electrons. The third-order valence-electron chi connectivity index (χ3n) is 3.84. The van der Waals surface area contributed by atoms with E-state index in [9.17, 15) is 9.59 Å². The first-order valence-corrected chi connectivity index (χ1v) is 8.20. The van der Waals surface area contributed by atoms with Gasteiger partial charge in [-0.2, -0.15) is 0 Å². The van der Waals surface area contributed by atoms with Crippen molar-refractivity contribution in [3.63, 3.8) is 0 Å². The Bertz CT molecular complexity index is 889. The van der Waals surface area contributed by atoms with Gasteiger partial charge in [0, 0.05) is 16.8 Å². The van der Waals surface area contributed by atoms with Gasteiger partial charge in [-0.1, -0.05) is 25.1 Å². The number of hydrogen-bond donors (Lipinski definition) is 2. The van der Waals surface area contributed by atoms with E-state index in [0.29, 0.717) is 17.0 Å². The number of rotatable bonds is 6. The third kappa shape index (κ3) is 4.13. The highest BCUT2D eigenvalue weighted by Crippen LogP contribution is 2.17. The minimum Gasteiger partial charge on any atom is -0.423 e. The number of para-hydroxylation sites is 1. The summed E-state index contributed by atoms with van der Waals surface area (Å²) >= 11 is 0. The number of carbonyl (C=O) groups excluding carboxylic acids is 2. The fourth-order valence-electron chi connectivity index (χ4n) is 2.47. The van der Waals surface area contributed by atoms with Crippen LogP contribution < -0.4 is 10.6 Å². The van der Waals surface area contributed by atoms with Crippen LogP contribution in [0.3, 0.4) is 0 Å². The second-order valence-electron chi connectivity index (χ2n) is 5.56. The molecule has 0 atom stereocenters. The molecule has 1 aromatic heterocycles. The van der Waals surface area contributed by atoms with Gasteiger partial charge in [0.1, 0.15) is 0 Å². The number of nitrogens with one attached hydrogen (secondary N) is 2. The van der Waals surface area contributed by atoms with E-state index in [2.05, 4.69) is 20.8 Å². The lowest BCUT2D eigenvalue weighted by molar-refractivity contribution is -0.115. The third-order valence-corrected chi connectivity index (χ3v) is 3.84. The van der Waals surface area contributed by atoms with Crippen molar-refractivity contribution in [3.05, 3.63) is 66.1 Å². The van der Waals surface area contributed by atoms with E-state index >= 15 is 0 Å². The lowest BCUT2D eigenvalue weighted by Crippen LogP contribution is -2.33. The van der Waals surface area contributed by atoms with Crippen LogP contribution in [0.2, 0.25) is 0 Å². The van der Waals surface area contributed by atoms with Crippen molar-refractivity contribution in [2.45, 2.75) is 13.3 Å². The van der Waals surface area contributed by atoms with Crippen molar-refractivity contribution in [3.8, 4) is 11.5 Å². The summed E-state index contributed by atoms with van der Waals surface area (Å²) in [5, 5.41) is 12.8. The summed E-state index contributed by atoms with van der Waals surface area (Å²) < 4.78 is 5.10. The molecule has 2 aromatic carbocycles. The van der Waals surface area contributed by atoms with Gasteiger partial charge in [0.05, 0.1) is 6.54 Å². The Balaban J connectivity index is 1.55. The van der Waals surface area contributed by atoms with E-state index in [0.717, 1.165) is 17.7 Å². The molecule has 1 heterocycles. The number of aryl methyl sites for hydroxylation is 1. The van der Waals surface area contributed by atoms with E-state index < -0.39 is 0 Å². The van der Waals surface area contributed by atoms with Gasteiger partial charge < -0.3 is 15.1 Å². The van der Waals surface area contributed by atoms with Crippen LogP contribution in [0.25, 0.3) is 11.5 Å².